The first-order valence-corrected chi connectivity index (χ1v) is 7.12. The van der Waals surface area contributed by atoms with E-state index >= 15 is 0 Å². The highest BCUT2D eigenvalue weighted by molar-refractivity contribution is 6.30. The van der Waals surface area contributed by atoms with Crippen molar-refractivity contribution in [2.75, 3.05) is 20.1 Å². The highest BCUT2D eigenvalue weighted by atomic mass is 35.5. The Balaban J connectivity index is 1.87. The van der Waals surface area contributed by atoms with Crippen LogP contribution in [0, 0.1) is 0 Å². The second kappa shape index (κ2) is 4.51. The van der Waals surface area contributed by atoms with Gasteiger partial charge in [0.15, 0.2) is 0 Å². The van der Waals surface area contributed by atoms with E-state index in [9.17, 15) is 0 Å². The summed E-state index contributed by atoms with van der Waals surface area (Å²) >= 11 is 6.18. The van der Waals surface area contributed by atoms with Crippen LogP contribution in [0.4, 0.5) is 0 Å². The first kappa shape index (κ1) is 9.43. The van der Waals surface area contributed by atoms with E-state index in [4.69, 9.17) is 20.5 Å². The summed E-state index contributed by atoms with van der Waals surface area (Å²) in [5, 5.41) is 0.643. The SMILES string of the molecule is [2H][13C]([2H])([2H])N1CC2c3ccccc3Oc3ccc(Cl)cc3C2C1. The van der Waals surface area contributed by atoms with E-state index in [0.29, 0.717) is 18.1 Å². The summed E-state index contributed by atoms with van der Waals surface area (Å²) in [6.45, 7) is -1.11. The number of likely N-dealkylation sites (N-methyl/N-ethyl adjacent to an activating group) is 1. The predicted octanol–water partition coefficient (Wildman–Crippen LogP) is 4.26. The van der Waals surface area contributed by atoms with Gasteiger partial charge in [-0.3, -0.25) is 0 Å². The smallest absolute Gasteiger partial charge is 0.131 e. The van der Waals surface area contributed by atoms with Gasteiger partial charge in [0.25, 0.3) is 0 Å². The molecule has 1 saturated heterocycles. The first-order chi connectivity index (χ1) is 10.9. The molecule has 4 rings (SSSR count). The fourth-order valence-electron chi connectivity index (χ4n) is 3.33. The third kappa shape index (κ3) is 1.83. The van der Waals surface area contributed by atoms with Crippen LogP contribution in [0.5, 0.6) is 11.5 Å². The van der Waals surface area contributed by atoms with E-state index in [1.54, 1.807) is 11.0 Å². The van der Waals surface area contributed by atoms with E-state index in [1.165, 1.54) is 0 Å². The van der Waals surface area contributed by atoms with Gasteiger partial charge in [0, 0.05) is 39.6 Å². The maximum Gasteiger partial charge on any atom is 0.131 e. The molecule has 2 heterocycles. The van der Waals surface area contributed by atoms with Crippen LogP contribution in [0.15, 0.2) is 42.5 Å². The molecule has 2 aromatic rings. The van der Waals surface area contributed by atoms with Gasteiger partial charge in [-0.1, -0.05) is 29.8 Å². The zero-order valence-electron chi connectivity index (χ0n) is 13.8. The number of likely N-dealkylation sites (tertiary alicyclic amines) is 1. The number of rotatable bonds is 0. The molecule has 0 radical (unpaired) electrons. The quantitative estimate of drug-likeness (QED) is 0.672. The third-order valence-electron chi connectivity index (χ3n) is 4.23. The molecule has 2 nitrogen and oxygen atoms in total. The molecule has 2 aliphatic heterocycles. The lowest BCUT2D eigenvalue weighted by atomic mass is 9.84. The van der Waals surface area contributed by atoms with Crippen LogP contribution < -0.4 is 4.74 Å². The highest BCUT2D eigenvalue weighted by Crippen LogP contribution is 2.49. The Labute approximate surface area is 128 Å². The van der Waals surface area contributed by atoms with Gasteiger partial charge in [0.2, 0.25) is 0 Å². The normalized spacial score (nSPS) is 27.1. The molecule has 1 fully saturated rings. The minimum absolute atomic E-state index is 0.0628. The van der Waals surface area contributed by atoms with Crippen molar-refractivity contribution in [3.05, 3.63) is 58.6 Å². The Morgan fingerprint density at radius 2 is 1.85 bits per heavy atom. The van der Waals surface area contributed by atoms with E-state index in [0.717, 1.165) is 22.6 Å². The van der Waals surface area contributed by atoms with E-state index in [1.807, 2.05) is 36.4 Å². The van der Waals surface area contributed by atoms with Gasteiger partial charge < -0.3 is 9.64 Å². The van der Waals surface area contributed by atoms with Crippen molar-refractivity contribution < 1.29 is 8.85 Å². The van der Waals surface area contributed by atoms with Gasteiger partial charge in [0.05, 0.1) is 0 Å². The Kier molecular flexibility index (Phi) is 2.12. The van der Waals surface area contributed by atoms with Gasteiger partial charge in [-0.25, -0.2) is 0 Å². The Morgan fingerprint density at radius 1 is 1.10 bits per heavy atom. The molecule has 0 N–H and O–H groups in total. The predicted molar refractivity (Wildman–Crippen MR) is 80.9 cm³/mol. The zero-order valence-corrected chi connectivity index (χ0v) is 11.6. The standard InChI is InChI=1S/C17H16ClNO/c1-19-9-14-12-4-2-3-5-16(12)20-17-7-6-11(18)8-13(17)15(14)10-19/h2-8,14-15H,9-10H2,1H3/i1+1D3. The second-order valence-corrected chi connectivity index (χ2v) is 5.88. The number of nitrogens with zero attached hydrogens (tertiary/aromatic N) is 1. The molecule has 0 amide bonds. The van der Waals surface area contributed by atoms with Crippen molar-refractivity contribution in [1.82, 2.24) is 4.90 Å². The van der Waals surface area contributed by atoms with Crippen LogP contribution >= 0.6 is 11.6 Å². The van der Waals surface area contributed by atoms with Crippen LogP contribution in [-0.2, 0) is 0 Å². The summed E-state index contributed by atoms with van der Waals surface area (Å²) in [4.78, 5) is 1.58. The number of ether oxygens (including phenoxy) is 1. The maximum absolute atomic E-state index is 7.75. The zero-order chi connectivity index (χ0) is 16.2. The molecule has 2 aromatic carbocycles. The van der Waals surface area contributed by atoms with Crippen molar-refractivity contribution in [3.63, 3.8) is 0 Å². The third-order valence-corrected chi connectivity index (χ3v) is 4.46. The molecule has 0 spiro atoms. The van der Waals surface area contributed by atoms with Crippen LogP contribution in [0.3, 0.4) is 0 Å². The molecule has 0 aromatic heterocycles. The van der Waals surface area contributed by atoms with E-state index in [2.05, 4.69) is 0 Å². The highest BCUT2D eigenvalue weighted by Gasteiger charge is 2.38. The molecular weight excluding hydrogens is 271 g/mol. The molecule has 0 saturated carbocycles. The monoisotopic (exact) mass is 289 g/mol. The summed E-state index contributed by atoms with van der Waals surface area (Å²) < 4.78 is 29.3. The summed E-state index contributed by atoms with van der Waals surface area (Å²) in [7, 11) is 0. The average molecular weight is 290 g/mol. The number of hydrogen-bond donors (Lipinski definition) is 0. The van der Waals surface area contributed by atoms with Crippen LogP contribution in [0.2, 0.25) is 5.02 Å². The molecule has 102 valence electrons. The fourth-order valence-corrected chi connectivity index (χ4v) is 3.51. The molecule has 2 aliphatic rings. The van der Waals surface area contributed by atoms with Crippen LogP contribution in [-0.4, -0.2) is 25.0 Å². The Hall–Kier alpha value is -1.51. The number of halogens is 1. The second-order valence-electron chi connectivity index (χ2n) is 5.44. The van der Waals surface area contributed by atoms with Gasteiger partial charge in [-0.05, 0) is 36.8 Å². The average Bonchev–Trinajstić information content (AvgIpc) is 2.90. The van der Waals surface area contributed by atoms with Gasteiger partial charge >= 0.3 is 0 Å². The number of para-hydroxylation sites is 1. The largest absolute Gasteiger partial charge is 0.457 e. The Morgan fingerprint density at radius 3 is 2.70 bits per heavy atom. The van der Waals surface area contributed by atoms with Crippen LogP contribution in [0.25, 0.3) is 0 Å². The van der Waals surface area contributed by atoms with Gasteiger partial charge in [0.1, 0.15) is 11.5 Å². The number of fused-ring (bicyclic) bond motifs is 5. The minimum atomic E-state index is -2.08. The lowest BCUT2D eigenvalue weighted by Gasteiger charge is -2.17. The minimum Gasteiger partial charge on any atom is -0.457 e. The van der Waals surface area contributed by atoms with Crippen molar-refractivity contribution in [2.24, 2.45) is 0 Å². The molecule has 20 heavy (non-hydrogen) atoms. The Bertz CT molecular complexity index is 762. The van der Waals surface area contributed by atoms with Gasteiger partial charge in [-0.2, -0.15) is 0 Å². The first-order valence-electron chi connectivity index (χ1n) is 8.25. The molecule has 0 bridgehead atoms. The van der Waals surface area contributed by atoms with E-state index in [-0.39, 0.29) is 11.8 Å². The molecule has 2 unspecified atom stereocenters. The lowest BCUT2D eigenvalue weighted by molar-refractivity contribution is 0.401. The summed E-state index contributed by atoms with van der Waals surface area (Å²) in [6, 6.07) is 13.5. The van der Waals surface area contributed by atoms with Crippen molar-refractivity contribution in [2.45, 2.75) is 11.8 Å². The lowest BCUT2D eigenvalue weighted by Crippen LogP contribution is -2.14. The summed E-state index contributed by atoms with van der Waals surface area (Å²) in [6.07, 6.45) is 0. The summed E-state index contributed by atoms with van der Waals surface area (Å²) in [5.74, 6) is 1.72. The van der Waals surface area contributed by atoms with Crippen molar-refractivity contribution in [1.29, 1.82) is 0 Å². The summed E-state index contributed by atoms with van der Waals surface area (Å²) in [5.41, 5.74) is 2.06. The number of benzene rings is 2. The fraction of sp³-hybridized carbons (Fsp3) is 0.294. The van der Waals surface area contributed by atoms with E-state index < -0.39 is 6.98 Å². The van der Waals surface area contributed by atoms with Crippen molar-refractivity contribution >= 4 is 11.6 Å². The van der Waals surface area contributed by atoms with Crippen molar-refractivity contribution in [3.8, 4) is 11.5 Å². The topological polar surface area (TPSA) is 12.5 Å². The van der Waals surface area contributed by atoms with Gasteiger partial charge in [-0.15, -0.1) is 0 Å². The maximum atomic E-state index is 7.75. The van der Waals surface area contributed by atoms with Crippen LogP contribution in [0.1, 0.15) is 27.1 Å². The molecule has 0 aliphatic carbocycles. The molecule has 3 heteroatoms. The molecule has 2 atom stereocenters. The molecular formula is C17H16ClNO. The number of hydrogen-bond acceptors (Lipinski definition) is 2.